The Balaban J connectivity index is 1.65. The molecule has 0 saturated heterocycles. The molecule has 6 nitrogen and oxygen atoms in total. The molecule has 1 aromatic heterocycles. The lowest BCUT2D eigenvalue weighted by Crippen LogP contribution is -2.29. The number of nitrogens with one attached hydrogen (secondary N) is 1. The van der Waals surface area contributed by atoms with Gasteiger partial charge in [0.15, 0.2) is 0 Å². The van der Waals surface area contributed by atoms with Gasteiger partial charge in [0.2, 0.25) is 5.95 Å². The fourth-order valence-electron chi connectivity index (χ4n) is 4.13. The lowest BCUT2D eigenvalue weighted by Gasteiger charge is -2.30. The monoisotopic (exact) mass is 437 g/mol. The number of ether oxygens (including phenoxy) is 2. The van der Waals surface area contributed by atoms with Crippen molar-refractivity contribution >= 4 is 23.0 Å². The summed E-state index contributed by atoms with van der Waals surface area (Å²) in [4.78, 5) is 17.9. The molecule has 4 aromatic rings. The topological polar surface area (TPSA) is 65.4 Å². The Morgan fingerprint density at radius 2 is 1.82 bits per heavy atom. The molecule has 1 N–H and O–H groups in total. The number of fused-ring (bicyclic) bond motifs is 3. The second-order valence-electron chi connectivity index (χ2n) is 7.74. The van der Waals surface area contributed by atoms with Crippen LogP contribution in [0.3, 0.4) is 0 Å². The number of hydrogen-bond donors (Lipinski definition) is 1. The predicted molar refractivity (Wildman–Crippen MR) is 128 cm³/mol. The summed E-state index contributed by atoms with van der Waals surface area (Å²) in [5.74, 6) is 1.70. The number of carbonyl (C=O) groups is 1. The van der Waals surface area contributed by atoms with Gasteiger partial charge in [0.25, 0.3) is 0 Å². The van der Waals surface area contributed by atoms with Crippen LogP contribution in [-0.4, -0.2) is 22.1 Å². The number of para-hydroxylation sites is 3. The molecule has 1 aliphatic rings. The van der Waals surface area contributed by atoms with Crippen molar-refractivity contribution in [1.29, 1.82) is 0 Å². The standard InChI is InChI=1S/C27H23N3O3/c1-3-16-32-26(31)24-18(2)28-27-29-22-14-7-8-15-23(22)30(27)25(24)19-10-9-13-21(17-19)33-20-11-5-4-6-12-20/h3-15,17,25H,1,16H2,2H3,(H,28,29)/t25-/m0/s1. The van der Waals surface area contributed by atoms with E-state index in [9.17, 15) is 4.79 Å². The number of benzene rings is 3. The van der Waals surface area contributed by atoms with E-state index in [1.165, 1.54) is 0 Å². The van der Waals surface area contributed by atoms with Crippen molar-refractivity contribution in [3.63, 3.8) is 0 Å². The Morgan fingerprint density at radius 3 is 2.64 bits per heavy atom. The van der Waals surface area contributed by atoms with Crippen molar-refractivity contribution in [1.82, 2.24) is 9.55 Å². The third-order valence-corrected chi connectivity index (χ3v) is 5.54. The van der Waals surface area contributed by atoms with Gasteiger partial charge in [-0.05, 0) is 48.9 Å². The summed E-state index contributed by atoms with van der Waals surface area (Å²) in [5.41, 5.74) is 3.87. The quantitative estimate of drug-likeness (QED) is 0.303. The highest BCUT2D eigenvalue weighted by molar-refractivity contribution is 5.94. The first kappa shape index (κ1) is 20.6. The minimum Gasteiger partial charge on any atom is -0.458 e. The van der Waals surface area contributed by atoms with Crippen molar-refractivity contribution < 1.29 is 14.3 Å². The highest BCUT2D eigenvalue weighted by Gasteiger charge is 2.35. The molecule has 0 radical (unpaired) electrons. The highest BCUT2D eigenvalue weighted by Crippen LogP contribution is 2.40. The van der Waals surface area contributed by atoms with E-state index >= 15 is 0 Å². The molecule has 164 valence electrons. The molecule has 33 heavy (non-hydrogen) atoms. The highest BCUT2D eigenvalue weighted by atomic mass is 16.5. The average Bonchev–Trinajstić information content (AvgIpc) is 3.20. The fraction of sp³-hybridized carbons (Fsp3) is 0.111. The second-order valence-corrected chi connectivity index (χ2v) is 7.74. The van der Waals surface area contributed by atoms with Gasteiger partial charge in [-0.2, -0.15) is 0 Å². The van der Waals surface area contributed by atoms with Crippen LogP contribution in [0.5, 0.6) is 11.5 Å². The minimum atomic E-state index is -0.440. The zero-order valence-corrected chi connectivity index (χ0v) is 18.2. The number of aromatic nitrogens is 2. The average molecular weight is 437 g/mol. The van der Waals surface area contributed by atoms with E-state index in [-0.39, 0.29) is 6.61 Å². The zero-order valence-electron chi connectivity index (χ0n) is 18.2. The molecule has 0 fully saturated rings. The maximum Gasteiger partial charge on any atom is 0.338 e. The summed E-state index contributed by atoms with van der Waals surface area (Å²) < 4.78 is 13.6. The van der Waals surface area contributed by atoms with Crippen LogP contribution in [0.25, 0.3) is 11.0 Å². The van der Waals surface area contributed by atoms with Gasteiger partial charge in [-0.25, -0.2) is 9.78 Å². The van der Waals surface area contributed by atoms with Crippen molar-refractivity contribution in [2.45, 2.75) is 13.0 Å². The summed E-state index contributed by atoms with van der Waals surface area (Å²) in [6.07, 6.45) is 1.56. The molecule has 0 aliphatic carbocycles. The van der Waals surface area contributed by atoms with Crippen LogP contribution in [0, 0.1) is 0 Å². The fourth-order valence-corrected chi connectivity index (χ4v) is 4.13. The molecule has 3 aromatic carbocycles. The lowest BCUT2D eigenvalue weighted by molar-refractivity contribution is -0.138. The summed E-state index contributed by atoms with van der Waals surface area (Å²) in [7, 11) is 0. The molecule has 0 bridgehead atoms. The van der Waals surface area contributed by atoms with Crippen molar-refractivity contribution in [3.05, 3.63) is 108 Å². The van der Waals surface area contributed by atoms with Crippen LogP contribution >= 0.6 is 0 Å². The Labute approximate surface area is 191 Å². The van der Waals surface area contributed by atoms with Gasteiger partial charge in [-0.1, -0.05) is 55.1 Å². The van der Waals surface area contributed by atoms with E-state index in [2.05, 4.69) is 11.9 Å². The Hall–Kier alpha value is -4.32. The first-order valence-corrected chi connectivity index (χ1v) is 10.7. The SMILES string of the molecule is C=CCOC(=O)C1=C(C)Nc2nc3ccccc3n2[C@H]1c1cccc(Oc2ccccc2)c1. The van der Waals surface area contributed by atoms with Gasteiger partial charge in [-0.3, -0.25) is 4.57 Å². The van der Waals surface area contributed by atoms with Crippen LogP contribution in [-0.2, 0) is 9.53 Å². The number of imidazole rings is 1. The summed E-state index contributed by atoms with van der Waals surface area (Å²) >= 11 is 0. The van der Waals surface area contributed by atoms with E-state index in [0.717, 1.165) is 22.3 Å². The van der Waals surface area contributed by atoms with E-state index in [1.807, 2.05) is 90.4 Å². The molecular weight excluding hydrogens is 414 g/mol. The third kappa shape index (κ3) is 3.87. The molecule has 0 unspecified atom stereocenters. The molecule has 0 saturated carbocycles. The molecule has 1 atom stereocenters. The maximum atomic E-state index is 13.2. The molecular formula is C27H23N3O3. The van der Waals surface area contributed by atoms with E-state index in [0.29, 0.717) is 23.0 Å². The number of allylic oxidation sites excluding steroid dienone is 1. The van der Waals surface area contributed by atoms with Crippen LogP contribution in [0.1, 0.15) is 18.5 Å². The molecule has 2 heterocycles. The number of carbonyl (C=O) groups excluding carboxylic acids is 1. The van der Waals surface area contributed by atoms with E-state index < -0.39 is 12.0 Å². The number of rotatable bonds is 6. The Bertz CT molecular complexity index is 1370. The molecule has 6 heteroatoms. The minimum absolute atomic E-state index is 0.136. The smallest absolute Gasteiger partial charge is 0.338 e. The maximum absolute atomic E-state index is 13.2. The van der Waals surface area contributed by atoms with Crippen molar-refractivity contribution in [3.8, 4) is 11.5 Å². The first-order chi connectivity index (χ1) is 16.2. The Morgan fingerprint density at radius 1 is 1.06 bits per heavy atom. The van der Waals surface area contributed by atoms with Gasteiger partial charge in [0.1, 0.15) is 18.1 Å². The predicted octanol–water partition coefficient (Wildman–Crippen LogP) is 5.85. The summed E-state index contributed by atoms with van der Waals surface area (Å²) in [5, 5.41) is 3.28. The largest absolute Gasteiger partial charge is 0.458 e. The summed E-state index contributed by atoms with van der Waals surface area (Å²) in [6.45, 7) is 5.66. The third-order valence-electron chi connectivity index (χ3n) is 5.54. The van der Waals surface area contributed by atoms with Gasteiger partial charge >= 0.3 is 5.97 Å². The van der Waals surface area contributed by atoms with E-state index in [1.54, 1.807) is 6.08 Å². The van der Waals surface area contributed by atoms with Crippen molar-refractivity contribution in [2.24, 2.45) is 0 Å². The number of hydrogen-bond acceptors (Lipinski definition) is 5. The van der Waals surface area contributed by atoms with Gasteiger partial charge in [0.05, 0.1) is 22.6 Å². The molecule has 0 amide bonds. The second kappa shape index (κ2) is 8.67. The molecule has 0 spiro atoms. The van der Waals surface area contributed by atoms with Gasteiger partial charge in [-0.15, -0.1) is 0 Å². The van der Waals surface area contributed by atoms with Crippen LogP contribution in [0.2, 0.25) is 0 Å². The van der Waals surface area contributed by atoms with Crippen LogP contribution in [0.15, 0.2) is 103 Å². The van der Waals surface area contributed by atoms with E-state index in [4.69, 9.17) is 14.5 Å². The lowest BCUT2D eigenvalue weighted by atomic mass is 9.95. The Kier molecular flexibility index (Phi) is 5.40. The van der Waals surface area contributed by atoms with Crippen LogP contribution < -0.4 is 10.1 Å². The number of nitrogens with zero attached hydrogens (tertiary/aromatic N) is 2. The van der Waals surface area contributed by atoms with Crippen LogP contribution in [0.4, 0.5) is 5.95 Å². The first-order valence-electron chi connectivity index (χ1n) is 10.7. The van der Waals surface area contributed by atoms with Gasteiger partial charge < -0.3 is 14.8 Å². The van der Waals surface area contributed by atoms with Crippen molar-refractivity contribution in [2.75, 3.05) is 11.9 Å². The summed E-state index contributed by atoms with van der Waals surface area (Å²) in [6, 6.07) is 24.8. The van der Waals surface area contributed by atoms with Gasteiger partial charge in [0, 0.05) is 5.70 Å². The number of esters is 1. The molecule has 1 aliphatic heterocycles. The zero-order chi connectivity index (χ0) is 22.8. The molecule has 5 rings (SSSR count). The number of anilines is 1. The normalized spacial score (nSPS) is 15.0.